The van der Waals surface area contributed by atoms with Gasteiger partial charge in [-0.25, -0.2) is 0 Å². The summed E-state index contributed by atoms with van der Waals surface area (Å²) in [7, 11) is 0. The van der Waals surface area contributed by atoms with Gasteiger partial charge >= 0.3 is 0 Å². The second kappa shape index (κ2) is 8.28. The maximum Gasteiger partial charge on any atom is 0.201 e. The van der Waals surface area contributed by atoms with Crippen molar-refractivity contribution in [2.24, 2.45) is 5.11 Å². The van der Waals surface area contributed by atoms with E-state index in [2.05, 4.69) is 15.1 Å². The van der Waals surface area contributed by atoms with Crippen LogP contribution in [0.3, 0.4) is 0 Å². The number of rotatable bonds is 8. The molecule has 104 valence electrons. The van der Waals surface area contributed by atoms with E-state index < -0.39 is 6.49 Å². The zero-order valence-corrected chi connectivity index (χ0v) is 12.9. The summed E-state index contributed by atoms with van der Waals surface area (Å²) in [5, 5.41) is 6.69. The van der Waals surface area contributed by atoms with Gasteiger partial charge in [0.1, 0.15) is 0 Å². The smallest absolute Gasteiger partial charge is 0.201 e. The van der Waals surface area contributed by atoms with Gasteiger partial charge in [0, 0.05) is 23.7 Å². The van der Waals surface area contributed by atoms with Gasteiger partial charge in [0.15, 0.2) is 0 Å². The van der Waals surface area contributed by atoms with E-state index in [1.54, 1.807) is 0 Å². The van der Waals surface area contributed by atoms with Gasteiger partial charge in [-0.15, -0.1) is 0 Å². The maximum absolute atomic E-state index is 12.6. The van der Waals surface area contributed by atoms with Crippen LogP contribution < -0.4 is 5.09 Å². The molecule has 0 aromatic heterocycles. The molecule has 7 heteroatoms. The molecule has 0 saturated heterocycles. The maximum atomic E-state index is 12.6. The van der Waals surface area contributed by atoms with Crippen molar-refractivity contribution in [3.63, 3.8) is 0 Å². The summed E-state index contributed by atoms with van der Waals surface area (Å²) in [5.41, 5.74) is 9.33. The summed E-state index contributed by atoms with van der Waals surface area (Å²) >= 11 is 1.36. The lowest BCUT2D eigenvalue weighted by Crippen LogP contribution is -2.16. The van der Waals surface area contributed by atoms with E-state index in [9.17, 15) is 4.57 Å². The van der Waals surface area contributed by atoms with Crippen LogP contribution in [0.25, 0.3) is 10.4 Å². The zero-order chi connectivity index (χ0) is 14.1. The first-order valence-corrected chi connectivity index (χ1v) is 9.82. The van der Waals surface area contributed by atoms with Gasteiger partial charge in [0.25, 0.3) is 0 Å². The van der Waals surface area contributed by atoms with Crippen LogP contribution in [0.5, 0.6) is 0 Å². The number of azide groups is 1. The third kappa shape index (κ3) is 5.70. The van der Waals surface area contributed by atoms with Gasteiger partial charge in [-0.3, -0.25) is 9.65 Å². The van der Waals surface area contributed by atoms with Gasteiger partial charge in [-0.05, 0) is 30.7 Å². The molecule has 0 heterocycles. The van der Waals surface area contributed by atoms with Crippen molar-refractivity contribution >= 4 is 17.9 Å². The molecule has 0 unspecified atom stereocenters. The first-order chi connectivity index (χ1) is 9.11. The third-order valence-electron chi connectivity index (χ3n) is 2.76. The van der Waals surface area contributed by atoms with E-state index in [1.165, 1.54) is 11.4 Å². The lowest BCUT2D eigenvalue weighted by Gasteiger charge is -2.22. The van der Waals surface area contributed by atoms with Gasteiger partial charge < -0.3 is 0 Å². The van der Waals surface area contributed by atoms with Crippen LogP contribution >= 0.6 is 17.9 Å². The van der Waals surface area contributed by atoms with Crippen molar-refractivity contribution in [2.75, 3.05) is 19.0 Å². The molecule has 1 N–H and O–H groups in total. The quantitative estimate of drug-likeness (QED) is 0.250. The molecule has 0 amide bonds. The van der Waals surface area contributed by atoms with Crippen LogP contribution in [0.2, 0.25) is 0 Å². The van der Waals surface area contributed by atoms with E-state index in [4.69, 9.17) is 5.53 Å². The highest BCUT2D eigenvalue weighted by atomic mass is 32.7. The van der Waals surface area contributed by atoms with Crippen molar-refractivity contribution in [1.29, 1.82) is 0 Å². The highest BCUT2D eigenvalue weighted by Crippen LogP contribution is 2.55. The normalized spacial score (nSPS) is 15.3. The molecule has 0 spiro atoms. The predicted octanol–water partition coefficient (Wildman–Crippen LogP) is 4.59. The van der Waals surface area contributed by atoms with Crippen LogP contribution in [0.15, 0.2) is 35.4 Å². The number of hydrogen-bond donors (Lipinski definition) is 1. The van der Waals surface area contributed by atoms with Gasteiger partial charge in [-0.2, -0.15) is 0 Å². The third-order valence-corrected chi connectivity index (χ3v) is 7.67. The highest BCUT2D eigenvalue weighted by Gasteiger charge is 2.22. The number of nitrogens with zero attached hydrogens (tertiary/aromatic N) is 3. The molecular formula is C12H19N4OPS. The van der Waals surface area contributed by atoms with E-state index >= 15 is 0 Å². The molecule has 0 aliphatic heterocycles. The zero-order valence-electron chi connectivity index (χ0n) is 11.2. The molecule has 5 nitrogen and oxygen atoms in total. The second-order valence-electron chi connectivity index (χ2n) is 4.15. The molecule has 0 aliphatic carbocycles. The molecular weight excluding hydrogens is 279 g/mol. The van der Waals surface area contributed by atoms with Gasteiger partial charge in [0.2, 0.25) is 6.49 Å². The van der Waals surface area contributed by atoms with E-state index in [0.717, 1.165) is 5.56 Å². The lowest BCUT2D eigenvalue weighted by atomic mass is 10.1. The fourth-order valence-electron chi connectivity index (χ4n) is 1.71. The summed E-state index contributed by atoms with van der Waals surface area (Å²) in [6.07, 6.45) is 3.01. The highest BCUT2D eigenvalue weighted by molar-refractivity contribution is 8.57. The molecule has 0 saturated carbocycles. The van der Waals surface area contributed by atoms with Crippen molar-refractivity contribution < 1.29 is 4.57 Å². The fraction of sp³-hybridized carbons (Fsp3) is 0.500. The number of benzene rings is 1. The molecule has 2 atom stereocenters. The Labute approximate surface area is 118 Å². The van der Waals surface area contributed by atoms with Crippen LogP contribution in [-0.4, -0.2) is 19.0 Å². The monoisotopic (exact) mass is 298 g/mol. The topological polar surface area (TPSA) is 77.9 Å². The number of nitrogens with one attached hydrogen (secondary N) is 1. The van der Waals surface area contributed by atoms with Crippen molar-refractivity contribution in [3.05, 3.63) is 46.3 Å². The minimum Gasteiger partial charge on any atom is -0.295 e. The van der Waals surface area contributed by atoms with Crippen LogP contribution in [-0.2, 0) is 4.57 Å². The van der Waals surface area contributed by atoms with Gasteiger partial charge in [-0.1, -0.05) is 46.8 Å². The Morgan fingerprint density at radius 2 is 2.16 bits per heavy atom. The summed E-state index contributed by atoms with van der Waals surface area (Å²) < 4.78 is 12.6. The van der Waals surface area contributed by atoms with E-state index in [1.807, 2.05) is 43.5 Å². The van der Waals surface area contributed by atoms with Crippen LogP contribution in [0, 0.1) is 0 Å². The average Bonchev–Trinajstić information content (AvgIpc) is 2.44. The van der Waals surface area contributed by atoms with E-state index in [0.29, 0.717) is 19.1 Å². The van der Waals surface area contributed by atoms with E-state index in [-0.39, 0.29) is 6.04 Å². The fourth-order valence-corrected chi connectivity index (χ4v) is 5.15. The summed E-state index contributed by atoms with van der Waals surface area (Å²) in [6, 6.07) is 9.98. The first kappa shape index (κ1) is 16.1. The molecule has 19 heavy (non-hydrogen) atoms. The Balaban J connectivity index is 2.59. The number of hydrogen-bond acceptors (Lipinski definition) is 3. The van der Waals surface area contributed by atoms with Crippen LogP contribution in [0.4, 0.5) is 0 Å². The SMILES string of the molecule is CS[P@](=O)(CCCN=[N+]=[N-])N[C@H](C)c1ccccc1. The summed E-state index contributed by atoms with van der Waals surface area (Å²) in [4.78, 5) is 2.70. The minimum atomic E-state index is -2.48. The molecule has 0 bridgehead atoms. The van der Waals surface area contributed by atoms with Gasteiger partial charge in [0.05, 0.1) is 0 Å². The second-order valence-corrected chi connectivity index (χ2v) is 9.43. The summed E-state index contributed by atoms with van der Waals surface area (Å²) in [6.45, 7) is -0.0817. The Hall–Kier alpha value is -0.930. The van der Waals surface area contributed by atoms with Crippen molar-refractivity contribution in [3.8, 4) is 0 Å². The Morgan fingerprint density at radius 3 is 2.74 bits per heavy atom. The van der Waals surface area contributed by atoms with Crippen LogP contribution in [0.1, 0.15) is 24.9 Å². The predicted molar refractivity (Wildman–Crippen MR) is 82.6 cm³/mol. The minimum absolute atomic E-state index is 0.0407. The standard InChI is InChI=1S/C12H19N4OPS/c1-11(12-7-4-3-5-8-12)15-18(17,19-2)10-6-9-14-16-13/h3-5,7-8,11H,6,9-10H2,1-2H3,(H,15,17)/t11-,18-/m1/s1. The molecule has 1 rings (SSSR count). The molecule has 1 aromatic carbocycles. The first-order valence-electron chi connectivity index (χ1n) is 6.09. The van der Waals surface area contributed by atoms with Crippen molar-refractivity contribution in [2.45, 2.75) is 19.4 Å². The Kier molecular flexibility index (Phi) is 7.03. The lowest BCUT2D eigenvalue weighted by molar-refractivity contribution is 0.564. The molecule has 0 radical (unpaired) electrons. The summed E-state index contributed by atoms with van der Waals surface area (Å²) in [5.74, 6) is 0. The molecule has 0 fully saturated rings. The Bertz CT molecular complexity index is 476. The Morgan fingerprint density at radius 1 is 1.47 bits per heavy atom. The largest absolute Gasteiger partial charge is 0.295 e. The average molecular weight is 298 g/mol. The molecule has 0 aliphatic rings. The van der Waals surface area contributed by atoms with Crippen molar-refractivity contribution in [1.82, 2.24) is 5.09 Å². The molecule has 1 aromatic rings.